The van der Waals surface area contributed by atoms with E-state index in [0.29, 0.717) is 17.5 Å². The summed E-state index contributed by atoms with van der Waals surface area (Å²) in [6.07, 6.45) is 5.22. The maximum atomic E-state index is 11.6. The van der Waals surface area contributed by atoms with Crippen molar-refractivity contribution < 1.29 is 4.79 Å². The van der Waals surface area contributed by atoms with Crippen LogP contribution >= 0.6 is 11.8 Å². The highest BCUT2D eigenvalue weighted by molar-refractivity contribution is 7.99. The van der Waals surface area contributed by atoms with Crippen molar-refractivity contribution in [2.75, 3.05) is 12.3 Å². The fourth-order valence-electron chi connectivity index (χ4n) is 1.49. The van der Waals surface area contributed by atoms with Crippen LogP contribution in [0, 0.1) is 6.92 Å². The van der Waals surface area contributed by atoms with Gasteiger partial charge in [0.05, 0.1) is 5.75 Å². The fraction of sp³-hybridized carbons (Fsp3) is 0.455. The van der Waals surface area contributed by atoms with Gasteiger partial charge < -0.3 is 10.3 Å². The molecule has 3 N–H and O–H groups in total. The number of thioether (sulfide) groups is 1. The van der Waals surface area contributed by atoms with Crippen molar-refractivity contribution in [3.05, 3.63) is 24.0 Å². The Morgan fingerprint density at radius 3 is 3.11 bits per heavy atom. The molecule has 2 aromatic rings. The molecule has 0 aliphatic heterocycles. The van der Waals surface area contributed by atoms with Gasteiger partial charge >= 0.3 is 0 Å². The Kier molecular flexibility index (Phi) is 4.96. The molecule has 0 aliphatic rings. The summed E-state index contributed by atoms with van der Waals surface area (Å²) in [5.74, 6) is 2.02. The number of aryl methyl sites for hydroxylation is 2. The van der Waals surface area contributed by atoms with Crippen LogP contribution in [0.3, 0.4) is 0 Å². The van der Waals surface area contributed by atoms with E-state index in [9.17, 15) is 4.79 Å². The molecule has 0 radical (unpaired) electrons. The van der Waals surface area contributed by atoms with E-state index in [2.05, 4.69) is 30.5 Å². The van der Waals surface area contributed by atoms with Crippen molar-refractivity contribution in [1.82, 2.24) is 30.5 Å². The first-order valence-electron chi connectivity index (χ1n) is 6.01. The number of rotatable bonds is 7. The largest absolute Gasteiger partial charge is 0.355 e. The third kappa shape index (κ3) is 4.74. The van der Waals surface area contributed by atoms with Crippen LogP contribution in [-0.2, 0) is 11.2 Å². The van der Waals surface area contributed by atoms with E-state index in [1.165, 1.54) is 11.8 Å². The highest BCUT2D eigenvalue weighted by atomic mass is 32.2. The van der Waals surface area contributed by atoms with E-state index < -0.39 is 0 Å². The first-order chi connectivity index (χ1) is 9.24. The predicted molar refractivity (Wildman–Crippen MR) is 71.8 cm³/mol. The Morgan fingerprint density at radius 1 is 1.53 bits per heavy atom. The third-order valence-corrected chi connectivity index (χ3v) is 3.22. The van der Waals surface area contributed by atoms with E-state index in [0.717, 1.165) is 24.5 Å². The molecule has 102 valence electrons. The number of carbonyl (C=O) groups excluding carboxylic acids is 1. The highest BCUT2D eigenvalue weighted by Gasteiger charge is 2.05. The fourth-order valence-corrected chi connectivity index (χ4v) is 2.16. The van der Waals surface area contributed by atoms with Crippen LogP contribution in [0.2, 0.25) is 0 Å². The molecule has 0 atom stereocenters. The van der Waals surface area contributed by atoms with Crippen LogP contribution < -0.4 is 5.32 Å². The predicted octanol–water partition coefficient (Wildman–Crippen LogP) is 0.677. The van der Waals surface area contributed by atoms with Crippen LogP contribution in [0.25, 0.3) is 0 Å². The molecule has 0 aliphatic carbocycles. The van der Waals surface area contributed by atoms with Gasteiger partial charge in [0.15, 0.2) is 0 Å². The van der Waals surface area contributed by atoms with Crippen LogP contribution in [0.5, 0.6) is 0 Å². The SMILES string of the molecule is Cc1nc(SCC(=O)NCCCc2ncc[nH]2)n[nH]1. The molecule has 1 amide bonds. The summed E-state index contributed by atoms with van der Waals surface area (Å²) in [5, 5.41) is 10.1. The van der Waals surface area contributed by atoms with Crippen molar-refractivity contribution in [1.29, 1.82) is 0 Å². The molecule has 2 heterocycles. The van der Waals surface area contributed by atoms with Crippen LogP contribution in [0.15, 0.2) is 17.6 Å². The minimum absolute atomic E-state index is 0.00750. The molecular weight excluding hydrogens is 264 g/mol. The Balaban J connectivity index is 1.57. The van der Waals surface area contributed by atoms with E-state index in [-0.39, 0.29) is 5.91 Å². The number of aromatic amines is 2. The van der Waals surface area contributed by atoms with Crippen LogP contribution in [0.1, 0.15) is 18.1 Å². The van der Waals surface area contributed by atoms with E-state index in [1.54, 1.807) is 12.4 Å². The molecule has 2 rings (SSSR count). The number of nitrogens with zero attached hydrogens (tertiary/aromatic N) is 3. The zero-order valence-electron chi connectivity index (χ0n) is 10.6. The maximum absolute atomic E-state index is 11.6. The number of H-pyrrole nitrogens is 2. The Hall–Kier alpha value is -1.83. The number of hydrogen-bond acceptors (Lipinski definition) is 5. The van der Waals surface area contributed by atoms with Gasteiger partial charge in [0.2, 0.25) is 11.1 Å². The summed E-state index contributed by atoms with van der Waals surface area (Å²) in [7, 11) is 0. The molecule has 0 spiro atoms. The smallest absolute Gasteiger partial charge is 0.230 e. The second kappa shape index (κ2) is 6.93. The molecule has 2 aromatic heterocycles. The van der Waals surface area contributed by atoms with Crippen LogP contribution in [0.4, 0.5) is 0 Å². The summed E-state index contributed by atoms with van der Waals surface area (Å²) < 4.78 is 0. The van der Waals surface area contributed by atoms with Gasteiger partial charge in [-0.25, -0.2) is 9.97 Å². The van der Waals surface area contributed by atoms with Gasteiger partial charge in [-0.3, -0.25) is 9.89 Å². The molecule has 0 saturated heterocycles. The number of imidazole rings is 1. The van der Waals surface area contributed by atoms with Crippen molar-refractivity contribution in [3.63, 3.8) is 0 Å². The van der Waals surface area contributed by atoms with Crippen molar-refractivity contribution in [2.45, 2.75) is 24.9 Å². The molecule has 7 nitrogen and oxygen atoms in total. The minimum atomic E-state index is -0.00750. The standard InChI is InChI=1S/C11H16N6OS/c1-8-15-11(17-16-8)19-7-10(18)14-4-2-3-9-12-5-6-13-9/h5-6H,2-4,7H2,1H3,(H,12,13)(H,14,18)(H,15,16,17). The summed E-state index contributed by atoms with van der Waals surface area (Å²) in [5.41, 5.74) is 0. The summed E-state index contributed by atoms with van der Waals surface area (Å²) in [6.45, 7) is 2.47. The highest BCUT2D eigenvalue weighted by Crippen LogP contribution is 2.10. The third-order valence-electron chi connectivity index (χ3n) is 2.38. The topological polar surface area (TPSA) is 99.3 Å². The second-order valence-corrected chi connectivity index (χ2v) is 4.92. The lowest BCUT2D eigenvalue weighted by Crippen LogP contribution is -2.26. The number of aromatic nitrogens is 5. The molecule has 0 aromatic carbocycles. The van der Waals surface area contributed by atoms with Gasteiger partial charge in [-0.2, -0.15) is 0 Å². The van der Waals surface area contributed by atoms with Crippen molar-refractivity contribution >= 4 is 17.7 Å². The average molecular weight is 280 g/mol. The van der Waals surface area contributed by atoms with Gasteiger partial charge in [0, 0.05) is 25.4 Å². The average Bonchev–Trinajstić information content (AvgIpc) is 3.03. The zero-order valence-corrected chi connectivity index (χ0v) is 11.5. The first-order valence-corrected chi connectivity index (χ1v) is 6.99. The summed E-state index contributed by atoms with van der Waals surface area (Å²) in [6, 6.07) is 0. The molecule has 8 heteroatoms. The van der Waals surface area contributed by atoms with E-state index in [4.69, 9.17) is 0 Å². The van der Waals surface area contributed by atoms with Crippen molar-refractivity contribution in [2.24, 2.45) is 0 Å². The molecule has 19 heavy (non-hydrogen) atoms. The van der Waals surface area contributed by atoms with E-state index in [1.807, 2.05) is 6.92 Å². The lowest BCUT2D eigenvalue weighted by atomic mass is 10.3. The molecule has 0 saturated carbocycles. The summed E-state index contributed by atoms with van der Waals surface area (Å²) in [4.78, 5) is 22.8. The Labute approximate surface area is 115 Å². The molecule has 0 unspecified atom stereocenters. The molecular formula is C11H16N6OS. The molecule has 0 bridgehead atoms. The van der Waals surface area contributed by atoms with Gasteiger partial charge in [-0.1, -0.05) is 11.8 Å². The Morgan fingerprint density at radius 2 is 2.42 bits per heavy atom. The lowest BCUT2D eigenvalue weighted by Gasteiger charge is -2.02. The van der Waals surface area contributed by atoms with Gasteiger partial charge in [-0.05, 0) is 13.3 Å². The number of amides is 1. The van der Waals surface area contributed by atoms with Crippen molar-refractivity contribution in [3.8, 4) is 0 Å². The van der Waals surface area contributed by atoms with Crippen LogP contribution in [-0.4, -0.2) is 43.4 Å². The lowest BCUT2D eigenvalue weighted by molar-refractivity contribution is -0.118. The zero-order chi connectivity index (χ0) is 13.5. The Bertz CT molecular complexity index is 509. The first kappa shape index (κ1) is 13.6. The maximum Gasteiger partial charge on any atom is 0.230 e. The second-order valence-electron chi connectivity index (χ2n) is 3.98. The van der Waals surface area contributed by atoms with Gasteiger partial charge in [-0.15, -0.1) is 5.10 Å². The number of hydrogen-bond donors (Lipinski definition) is 3. The summed E-state index contributed by atoms with van der Waals surface area (Å²) >= 11 is 1.32. The number of nitrogens with one attached hydrogen (secondary N) is 3. The van der Waals surface area contributed by atoms with E-state index >= 15 is 0 Å². The normalized spacial score (nSPS) is 10.6. The molecule has 0 fully saturated rings. The monoisotopic (exact) mass is 280 g/mol. The van der Waals surface area contributed by atoms with Gasteiger partial charge in [0.25, 0.3) is 0 Å². The number of carbonyl (C=O) groups is 1. The minimum Gasteiger partial charge on any atom is -0.355 e. The quantitative estimate of drug-likeness (QED) is 0.511. The van der Waals surface area contributed by atoms with Gasteiger partial charge in [0.1, 0.15) is 11.6 Å².